The fraction of sp³-hybridized carbons (Fsp3) is 0.136. The van der Waals surface area contributed by atoms with E-state index in [2.05, 4.69) is 9.97 Å². The van der Waals surface area contributed by atoms with E-state index in [1.807, 2.05) is 30.3 Å². The first-order valence-electron chi connectivity index (χ1n) is 9.30. The minimum absolute atomic E-state index is 0.101. The van der Waals surface area contributed by atoms with E-state index in [9.17, 15) is 4.79 Å². The zero-order chi connectivity index (χ0) is 22.0. The van der Waals surface area contributed by atoms with Crippen LogP contribution in [-0.2, 0) is 17.8 Å². The van der Waals surface area contributed by atoms with Crippen LogP contribution in [-0.4, -0.2) is 27.1 Å². The highest BCUT2D eigenvalue weighted by atomic mass is 35.5. The van der Waals surface area contributed by atoms with Gasteiger partial charge in [0.25, 0.3) is 0 Å². The number of fused-ring (bicyclic) bond motifs is 1. The van der Waals surface area contributed by atoms with E-state index in [0.717, 1.165) is 11.1 Å². The molecule has 158 valence electrons. The lowest BCUT2D eigenvalue weighted by atomic mass is 10.1. The number of carboxylic acid groups (broad SMARTS) is 1. The minimum Gasteiger partial charge on any atom is -0.486 e. The van der Waals surface area contributed by atoms with Gasteiger partial charge in [-0.25, -0.2) is 4.98 Å². The standard InChI is InChI=1S/C22H17Cl2N3O4/c23-15-8-12(10-17(25)22(28)29)9-16(24)20(15)30-11-14-2-1-3-18-19(14)31-21(27-18)13-4-6-26-7-5-13/h1-9,17H,10-11,25H2,(H,28,29). The van der Waals surface area contributed by atoms with Crippen molar-refractivity contribution in [2.75, 3.05) is 0 Å². The predicted octanol–water partition coefficient (Wildman–Crippen LogP) is 4.73. The van der Waals surface area contributed by atoms with E-state index in [1.54, 1.807) is 24.5 Å². The van der Waals surface area contributed by atoms with Crippen molar-refractivity contribution < 1.29 is 19.1 Å². The second kappa shape index (κ2) is 8.93. The number of pyridine rings is 1. The van der Waals surface area contributed by atoms with Gasteiger partial charge in [-0.1, -0.05) is 35.3 Å². The number of nitrogens with zero attached hydrogens (tertiary/aromatic N) is 2. The van der Waals surface area contributed by atoms with Crippen molar-refractivity contribution in [1.29, 1.82) is 0 Å². The van der Waals surface area contributed by atoms with Gasteiger partial charge < -0.3 is 20.0 Å². The van der Waals surface area contributed by atoms with E-state index in [0.29, 0.717) is 28.3 Å². The van der Waals surface area contributed by atoms with Crippen molar-refractivity contribution in [3.8, 4) is 17.2 Å². The van der Waals surface area contributed by atoms with Gasteiger partial charge in [0.15, 0.2) is 11.3 Å². The maximum absolute atomic E-state index is 11.0. The summed E-state index contributed by atoms with van der Waals surface area (Å²) in [6.45, 7) is 0.149. The highest BCUT2D eigenvalue weighted by Crippen LogP contribution is 2.36. The number of oxazole rings is 1. The molecule has 2 heterocycles. The van der Waals surface area contributed by atoms with Gasteiger partial charge in [0.05, 0.1) is 10.0 Å². The van der Waals surface area contributed by atoms with E-state index in [1.165, 1.54) is 0 Å². The van der Waals surface area contributed by atoms with Gasteiger partial charge in [0, 0.05) is 23.5 Å². The largest absolute Gasteiger partial charge is 0.486 e. The summed E-state index contributed by atoms with van der Waals surface area (Å²) in [5.41, 5.74) is 9.08. The summed E-state index contributed by atoms with van der Waals surface area (Å²) < 4.78 is 11.8. The summed E-state index contributed by atoms with van der Waals surface area (Å²) in [4.78, 5) is 19.5. The topological polar surface area (TPSA) is 111 Å². The first-order valence-corrected chi connectivity index (χ1v) is 10.1. The van der Waals surface area contributed by atoms with Crippen molar-refractivity contribution >= 4 is 40.3 Å². The molecule has 2 aromatic carbocycles. The number of aromatic nitrogens is 2. The second-order valence-corrected chi connectivity index (χ2v) is 7.66. The number of carbonyl (C=O) groups is 1. The maximum atomic E-state index is 11.0. The third-order valence-electron chi connectivity index (χ3n) is 4.63. The van der Waals surface area contributed by atoms with Crippen LogP contribution in [0.15, 0.2) is 59.3 Å². The summed E-state index contributed by atoms with van der Waals surface area (Å²) in [6, 6.07) is 11.4. The molecule has 4 rings (SSSR count). The molecule has 0 spiro atoms. The molecule has 0 aliphatic rings. The SMILES string of the molecule is NC(Cc1cc(Cl)c(OCc2cccc3nc(-c4ccncc4)oc23)c(Cl)c1)C(=O)O. The number of aliphatic carboxylic acids is 1. The van der Waals surface area contributed by atoms with Crippen LogP contribution in [0.4, 0.5) is 0 Å². The monoisotopic (exact) mass is 457 g/mol. The Bertz CT molecular complexity index is 1220. The number of ether oxygens (including phenoxy) is 1. The summed E-state index contributed by atoms with van der Waals surface area (Å²) in [6.07, 6.45) is 3.45. The number of para-hydroxylation sites is 1. The van der Waals surface area contributed by atoms with Gasteiger partial charge in [0.2, 0.25) is 5.89 Å². The molecule has 2 aromatic heterocycles. The number of hydrogen-bond donors (Lipinski definition) is 2. The second-order valence-electron chi connectivity index (χ2n) is 6.85. The first-order chi connectivity index (χ1) is 14.9. The number of benzene rings is 2. The average Bonchev–Trinajstić information content (AvgIpc) is 3.19. The molecule has 7 nitrogen and oxygen atoms in total. The van der Waals surface area contributed by atoms with Crippen LogP contribution in [0, 0.1) is 0 Å². The number of nitrogens with two attached hydrogens (primary N) is 1. The van der Waals surface area contributed by atoms with Crippen molar-refractivity contribution in [3.05, 3.63) is 76.0 Å². The summed E-state index contributed by atoms with van der Waals surface area (Å²) in [5.74, 6) is -0.319. The quantitative estimate of drug-likeness (QED) is 0.412. The number of hydrogen-bond acceptors (Lipinski definition) is 6. The molecule has 0 aliphatic heterocycles. The van der Waals surface area contributed by atoms with Crippen LogP contribution in [0.1, 0.15) is 11.1 Å². The van der Waals surface area contributed by atoms with Gasteiger partial charge >= 0.3 is 5.97 Å². The van der Waals surface area contributed by atoms with Crippen LogP contribution in [0.3, 0.4) is 0 Å². The third-order valence-corrected chi connectivity index (χ3v) is 5.19. The van der Waals surface area contributed by atoms with Crippen LogP contribution >= 0.6 is 23.2 Å². The molecule has 0 bridgehead atoms. The van der Waals surface area contributed by atoms with Gasteiger partial charge in [-0.2, -0.15) is 0 Å². The van der Waals surface area contributed by atoms with Crippen LogP contribution in [0.5, 0.6) is 5.75 Å². The summed E-state index contributed by atoms with van der Waals surface area (Å²) in [5, 5.41) is 9.51. The smallest absolute Gasteiger partial charge is 0.320 e. The normalized spacial score (nSPS) is 12.1. The number of carboxylic acids is 1. The summed E-state index contributed by atoms with van der Waals surface area (Å²) >= 11 is 12.7. The number of rotatable bonds is 7. The molecule has 1 unspecified atom stereocenters. The maximum Gasteiger partial charge on any atom is 0.320 e. The minimum atomic E-state index is -1.10. The molecule has 1 atom stereocenters. The fourth-order valence-electron chi connectivity index (χ4n) is 3.10. The van der Waals surface area contributed by atoms with Crippen molar-refractivity contribution in [3.63, 3.8) is 0 Å². The number of halogens is 2. The molecule has 0 aliphatic carbocycles. The van der Waals surface area contributed by atoms with E-state index in [-0.39, 0.29) is 23.1 Å². The van der Waals surface area contributed by atoms with Gasteiger partial charge in [-0.3, -0.25) is 9.78 Å². The molecule has 4 aromatic rings. The Morgan fingerprint density at radius 1 is 1.16 bits per heavy atom. The molecule has 3 N–H and O–H groups in total. The Morgan fingerprint density at radius 2 is 1.87 bits per heavy atom. The lowest BCUT2D eigenvalue weighted by Crippen LogP contribution is -2.32. The molecule has 9 heteroatoms. The Morgan fingerprint density at radius 3 is 2.55 bits per heavy atom. The highest BCUT2D eigenvalue weighted by Gasteiger charge is 2.17. The van der Waals surface area contributed by atoms with E-state index < -0.39 is 12.0 Å². The van der Waals surface area contributed by atoms with Crippen molar-refractivity contribution in [1.82, 2.24) is 9.97 Å². The summed E-state index contributed by atoms with van der Waals surface area (Å²) in [7, 11) is 0. The Kier molecular flexibility index (Phi) is 6.08. The molecule has 31 heavy (non-hydrogen) atoms. The Labute approximate surface area is 187 Å². The predicted molar refractivity (Wildman–Crippen MR) is 117 cm³/mol. The molecule has 0 saturated carbocycles. The van der Waals surface area contributed by atoms with Crippen molar-refractivity contribution in [2.45, 2.75) is 19.1 Å². The molecule has 0 fully saturated rings. The van der Waals surface area contributed by atoms with Gasteiger partial charge in [-0.15, -0.1) is 0 Å². The van der Waals surface area contributed by atoms with Crippen LogP contribution < -0.4 is 10.5 Å². The zero-order valence-corrected chi connectivity index (χ0v) is 17.6. The fourth-order valence-corrected chi connectivity index (χ4v) is 3.74. The molecule has 0 amide bonds. The molecular formula is C22H17Cl2N3O4. The lowest BCUT2D eigenvalue weighted by molar-refractivity contribution is -0.138. The Balaban J connectivity index is 1.57. The Hall–Kier alpha value is -3.13. The van der Waals surface area contributed by atoms with Crippen LogP contribution in [0.25, 0.3) is 22.6 Å². The molecule has 0 saturated heterocycles. The van der Waals surface area contributed by atoms with E-state index >= 15 is 0 Å². The van der Waals surface area contributed by atoms with Gasteiger partial charge in [-0.05, 0) is 42.3 Å². The van der Waals surface area contributed by atoms with Crippen LogP contribution in [0.2, 0.25) is 10.0 Å². The van der Waals surface area contributed by atoms with Gasteiger partial charge in [0.1, 0.15) is 18.2 Å². The lowest BCUT2D eigenvalue weighted by Gasteiger charge is -2.13. The zero-order valence-electron chi connectivity index (χ0n) is 16.1. The molecule has 0 radical (unpaired) electrons. The highest BCUT2D eigenvalue weighted by molar-refractivity contribution is 6.37. The average molecular weight is 458 g/mol. The first kappa shape index (κ1) is 21.1. The molecular weight excluding hydrogens is 441 g/mol. The third kappa shape index (κ3) is 4.64. The van der Waals surface area contributed by atoms with Crippen molar-refractivity contribution in [2.24, 2.45) is 5.73 Å². The van der Waals surface area contributed by atoms with E-state index in [4.69, 9.17) is 43.2 Å².